The van der Waals surface area contributed by atoms with Gasteiger partial charge in [0.1, 0.15) is 6.04 Å². The summed E-state index contributed by atoms with van der Waals surface area (Å²) in [5, 5.41) is 0. The smallest absolute Gasteiger partial charge is 0.239 e. The molecular weight excluding hydrogens is 188 g/mol. The van der Waals surface area contributed by atoms with Crippen molar-refractivity contribution in [1.29, 1.82) is 0 Å². The lowest BCUT2D eigenvalue weighted by atomic mass is 10.1. The molecule has 0 saturated carbocycles. The van der Waals surface area contributed by atoms with E-state index in [0.29, 0.717) is 0 Å². The molecular formula is C12H16N2O. The Morgan fingerprint density at radius 2 is 1.80 bits per heavy atom. The van der Waals surface area contributed by atoms with E-state index in [1.54, 1.807) is 0 Å². The van der Waals surface area contributed by atoms with Crippen LogP contribution >= 0.6 is 0 Å². The lowest BCUT2D eigenvalue weighted by Crippen LogP contribution is -2.35. The third kappa shape index (κ3) is 2.18. The maximum absolute atomic E-state index is 11.5. The maximum Gasteiger partial charge on any atom is 0.239 e. The van der Waals surface area contributed by atoms with E-state index < -0.39 is 0 Å². The lowest BCUT2D eigenvalue weighted by Gasteiger charge is -2.24. The molecule has 1 aliphatic rings. The number of hydrogen-bond donors (Lipinski definition) is 1. The second kappa shape index (κ2) is 4.45. The number of hydrogen-bond acceptors (Lipinski definition) is 2. The number of nitrogens with zero attached hydrogens (tertiary/aromatic N) is 1. The number of carbonyl (C=O) groups excluding carboxylic acids is 1. The first kappa shape index (κ1) is 10.2. The van der Waals surface area contributed by atoms with Gasteiger partial charge in [0.15, 0.2) is 0 Å². The van der Waals surface area contributed by atoms with Gasteiger partial charge in [-0.3, -0.25) is 9.69 Å². The van der Waals surface area contributed by atoms with Crippen molar-refractivity contribution in [2.45, 2.75) is 18.9 Å². The molecule has 1 unspecified atom stereocenters. The molecule has 0 bridgehead atoms. The molecule has 1 fully saturated rings. The average molecular weight is 204 g/mol. The third-order valence-corrected chi connectivity index (χ3v) is 2.89. The number of primary amides is 1. The molecule has 1 heterocycles. The van der Waals surface area contributed by atoms with Crippen molar-refractivity contribution in [3.63, 3.8) is 0 Å². The Hall–Kier alpha value is -1.35. The summed E-state index contributed by atoms with van der Waals surface area (Å²) in [4.78, 5) is 13.6. The molecule has 1 atom stereocenters. The van der Waals surface area contributed by atoms with Gasteiger partial charge in [0.25, 0.3) is 0 Å². The molecule has 3 nitrogen and oxygen atoms in total. The van der Waals surface area contributed by atoms with Crippen LogP contribution in [0, 0.1) is 0 Å². The first-order chi connectivity index (χ1) is 7.29. The number of benzene rings is 1. The van der Waals surface area contributed by atoms with E-state index in [-0.39, 0.29) is 11.9 Å². The van der Waals surface area contributed by atoms with E-state index >= 15 is 0 Å². The summed E-state index contributed by atoms with van der Waals surface area (Å²) in [5.41, 5.74) is 6.47. The van der Waals surface area contributed by atoms with E-state index in [1.807, 2.05) is 30.3 Å². The zero-order valence-electron chi connectivity index (χ0n) is 8.73. The van der Waals surface area contributed by atoms with Gasteiger partial charge in [-0.15, -0.1) is 0 Å². The van der Waals surface area contributed by atoms with Gasteiger partial charge in [0, 0.05) is 0 Å². The zero-order chi connectivity index (χ0) is 10.7. The molecule has 80 valence electrons. The Balaban J connectivity index is 2.23. The van der Waals surface area contributed by atoms with Crippen LogP contribution in [0.1, 0.15) is 24.4 Å². The van der Waals surface area contributed by atoms with Crippen molar-refractivity contribution >= 4 is 5.91 Å². The normalized spacial score (nSPS) is 18.9. The van der Waals surface area contributed by atoms with Crippen molar-refractivity contribution in [2.24, 2.45) is 5.73 Å². The van der Waals surface area contributed by atoms with Crippen molar-refractivity contribution in [2.75, 3.05) is 13.1 Å². The SMILES string of the molecule is NC(=O)C(c1ccccc1)N1CCCC1. The van der Waals surface area contributed by atoms with Crippen LogP contribution in [-0.4, -0.2) is 23.9 Å². The monoisotopic (exact) mass is 204 g/mol. The summed E-state index contributed by atoms with van der Waals surface area (Å²) in [6.07, 6.45) is 2.33. The average Bonchev–Trinajstić information content (AvgIpc) is 2.72. The van der Waals surface area contributed by atoms with Crippen molar-refractivity contribution < 1.29 is 4.79 Å². The maximum atomic E-state index is 11.5. The van der Waals surface area contributed by atoms with Crippen LogP contribution in [0.2, 0.25) is 0 Å². The summed E-state index contributed by atoms with van der Waals surface area (Å²) in [7, 11) is 0. The van der Waals surface area contributed by atoms with E-state index in [2.05, 4.69) is 4.90 Å². The molecule has 1 aromatic rings. The predicted molar refractivity (Wildman–Crippen MR) is 59.2 cm³/mol. The zero-order valence-corrected chi connectivity index (χ0v) is 8.73. The molecule has 15 heavy (non-hydrogen) atoms. The predicted octanol–water partition coefficient (Wildman–Crippen LogP) is 1.31. The van der Waals surface area contributed by atoms with E-state index in [9.17, 15) is 4.79 Å². The molecule has 0 radical (unpaired) electrons. The fourth-order valence-electron chi connectivity index (χ4n) is 2.19. The van der Waals surface area contributed by atoms with Crippen LogP contribution < -0.4 is 5.73 Å². The minimum Gasteiger partial charge on any atom is -0.368 e. The standard InChI is InChI=1S/C12H16N2O/c13-12(15)11(14-8-4-5-9-14)10-6-2-1-3-7-10/h1-3,6-7,11H,4-5,8-9H2,(H2,13,15). The number of nitrogens with two attached hydrogens (primary N) is 1. The van der Waals surface area contributed by atoms with Gasteiger partial charge in [0.05, 0.1) is 0 Å². The van der Waals surface area contributed by atoms with Crippen LogP contribution in [-0.2, 0) is 4.79 Å². The lowest BCUT2D eigenvalue weighted by molar-refractivity contribution is -0.123. The van der Waals surface area contributed by atoms with Crippen molar-refractivity contribution in [3.8, 4) is 0 Å². The first-order valence-corrected chi connectivity index (χ1v) is 5.37. The van der Waals surface area contributed by atoms with Crippen molar-refractivity contribution in [3.05, 3.63) is 35.9 Å². The Morgan fingerprint density at radius 1 is 1.20 bits per heavy atom. The highest BCUT2D eigenvalue weighted by Gasteiger charge is 2.27. The van der Waals surface area contributed by atoms with Gasteiger partial charge in [-0.05, 0) is 31.5 Å². The molecule has 1 amide bonds. The Bertz CT molecular complexity index is 331. The van der Waals surface area contributed by atoms with Gasteiger partial charge in [-0.2, -0.15) is 0 Å². The summed E-state index contributed by atoms with van der Waals surface area (Å²) < 4.78 is 0. The molecule has 1 saturated heterocycles. The minimum atomic E-state index is -0.247. The quantitative estimate of drug-likeness (QED) is 0.807. The molecule has 1 aromatic carbocycles. The Kier molecular flexibility index (Phi) is 3.02. The first-order valence-electron chi connectivity index (χ1n) is 5.37. The molecule has 0 aromatic heterocycles. The van der Waals surface area contributed by atoms with Crippen LogP contribution in [0.5, 0.6) is 0 Å². The van der Waals surface area contributed by atoms with Crippen LogP contribution in [0.25, 0.3) is 0 Å². The molecule has 0 spiro atoms. The summed E-state index contributed by atoms with van der Waals surface area (Å²) in [6, 6.07) is 9.53. The Morgan fingerprint density at radius 3 is 2.33 bits per heavy atom. The van der Waals surface area contributed by atoms with Crippen molar-refractivity contribution in [1.82, 2.24) is 4.90 Å². The summed E-state index contributed by atoms with van der Waals surface area (Å²) in [5.74, 6) is -0.247. The third-order valence-electron chi connectivity index (χ3n) is 2.89. The van der Waals surface area contributed by atoms with E-state index in [0.717, 1.165) is 31.5 Å². The van der Waals surface area contributed by atoms with Gasteiger partial charge < -0.3 is 5.73 Å². The summed E-state index contributed by atoms with van der Waals surface area (Å²) in [6.45, 7) is 1.95. The summed E-state index contributed by atoms with van der Waals surface area (Å²) >= 11 is 0. The highest BCUT2D eigenvalue weighted by atomic mass is 16.1. The molecule has 3 heteroatoms. The van der Waals surface area contributed by atoms with E-state index in [4.69, 9.17) is 5.73 Å². The molecule has 2 rings (SSSR count). The largest absolute Gasteiger partial charge is 0.368 e. The number of likely N-dealkylation sites (tertiary alicyclic amines) is 1. The second-order valence-corrected chi connectivity index (χ2v) is 3.96. The van der Waals surface area contributed by atoms with Crippen LogP contribution in [0.4, 0.5) is 0 Å². The fraction of sp³-hybridized carbons (Fsp3) is 0.417. The topological polar surface area (TPSA) is 46.3 Å². The number of amides is 1. The van der Waals surface area contributed by atoms with Gasteiger partial charge in [-0.25, -0.2) is 0 Å². The van der Waals surface area contributed by atoms with E-state index in [1.165, 1.54) is 0 Å². The van der Waals surface area contributed by atoms with Gasteiger partial charge in [0.2, 0.25) is 5.91 Å². The fourth-order valence-corrected chi connectivity index (χ4v) is 2.19. The number of rotatable bonds is 3. The number of carbonyl (C=O) groups is 1. The van der Waals surface area contributed by atoms with Gasteiger partial charge >= 0.3 is 0 Å². The molecule has 1 aliphatic heterocycles. The minimum absolute atomic E-state index is 0.242. The van der Waals surface area contributed by atoms with Gasteiger partial charge in [-0.1, -0.05) is 30.3 Å². The molecule has 0 aliphatic carbocycles. The van der Waals surface area contributed by atoms with Crippen LogP contribution in [0.15, 0.2) is 30.3 Å². The highest BCUT2D eigenvalue weighted by molar-refractivity contribution is 5.81. The second-order valence-electron chi connectivity index (χ2n) is 3.96. The Labute approximate surface area is 89.9 Å². The van der Waals surface area contributed by atoms with Crippen LogP contribution in [0.3, 0.4) is 0 Å². The molecule has 2 N–H and O–H groups in total. The highest BCUT2D eigenvalue weighted by Crippen LogP contribution is 2.24.